The number of carbonyl (C=O) groups excluding carboxylic acids is 1. The molecule has 1 amide bonds. The second-order valence-electron chi connectivity index (χ2n) is 5.82. The number of benzene rings is 1. The second-order valence-corrected chi connectivity index (χ2v) is 5.82. The Hall–Kier alpha value is -3.35. The highest BCUT2D eigenvalue weighted by molar-refractivity contribution is 6.10. The van der Waals surface area contributed by atoms with Gasteiger partial charge in [0.15, 0.2) is 0 Å². The number of amides is 1. The number of aliphatic imine (C=N–C) groups is 1. The van der Waals surface area contributed by atoms with Gasteiger partial charge in [-0.15, -0.1) is 0 Å². The molecule has 1 aliphatic rings. The van der Waals surface area contributed by atoms with Gasteiger partial charge in [0.25, 0.3) is 0 Å². The maximum atomic E-state index is 13.0. The van der Waals surface area contributed by atoms with E-state index >= 15 is 0 Å². The van der Waals surface area contributed by atoms with Crippen molar-refractivity contribution in [2.75, 3.05) is 5.32 Å². The zero-order valence-electron chi connectivity index (χ0n) is 13.6. The van der Waals surface area contributed by atoms with Crippen LogP contribution in [-0.4, -0.2) is 31.4 Å². The molecule has 0 saturated heterocycles. The number of nitrogens with zero attached hydrogens (tertiary/aromatic N) is 5. The third kappa shape index (κ3) is 2.80. The predicted molar refractivity (Wildman–Crippen MR) is 93.7 cm³/mol. The zero-order valence-corrected chi connectivity index (χ0v) is 13.6. The normalized spacial score (nSPS) is 19.0. The van der Waals surface area contributed by atoms with E-state index < -0.39 is 5.92 Å². The van der Waals surface area contributed by atoms with Crippen molar-refractivity contribution in [3.05, 3.63) is 66.7 Å². The Morgan fingerprint density at radius 1 is 1.16 bits per heavy atom. The second kappa shape index (κ2) is 6.27. The predicted octanol–water partition coefficient (Wildman–Crippen LogP) is 2.62. The number of hydrogen-bond donors (Lipinski definition) is 1. The van der Waals surface area contributed by atoms with E-state index in [0.29, 0.717) is 11.7 Å². The number of para-hydroxylation sites is 1. The number of anilines is 1. The fourth-order valence-electron chi connectivity index (χ4n) is 3.08. The van der Waals surface area contributed by atoms with Crippen LogP contribution in [0, 0.1) is 5.92 Å². The van der Waals surface area contributed by atoms with Crippen LogP contribution in [0.1, 0.15) is 18.5 Å². The van der Waals surface area contributed by atoms with Crippen LogP contribution in [0.15, 0.2) is 66.2 Å². The minimum Gasteiger partial charge on any atom is -0.325 e. The molecule has 1 aromatic carbocycles. The molecule has 3 heterocycles. The highest BCUT2D eigenvalue weighted by atomic mass is 16.2. The van der Waals surface area contributed by atoms with Crippen molar-refractivity contribution in [3.63, 3.8) is 0 Å². The number of rotatable bonds is 3. The maximum absolute atomic E-state index is 13.0. The van der Waals surface area contributed by atoms with Gasteiger partial charge >= 0.3 is 0 Å². The Labute approximate surface area is 144 Å². The third-order valence-corrected chi connectivity index (χ3v) is 4.21. The van der Waals surface area contributed by atoms with Gasteiger partial charge < -0.3 is 5.32 Å². The van der Waals surface area contributed by atoms with Crippen molar-refractivity contribution in [1.29, 1.82) is 0 Å². The number of nitrogens with one attached hydrogen (secondary N) is 1. The molecule has 7 heteroatoms. The Morgan fingerprint density at radius 2 is 2.00 bits per heavy atom. The van der Waals surface area contributed by atoms with E-state index in [9.17, 15) is 4.79 Å². The number of aromatic nitrogens is 4. The van der Waals surface area contributed by atoms with Gasteiger partial charge in [0.2, 0.25) is 11.9 Å². The van der Waals surface area contributed by atoms with Crippen LogP contribution in [-0.2, 0) is 4.79 Å². The van der Waals surface area contributed by atoms with Crippen LogP contribution in [0.5, 0.6) is 0 Å². The first-order chi connectivity index (χ1) is 12.2. The minimum absolute atomic E-state index is 0.137. The quantitative estimate of drug-likeness (QED) is 0.799. The number of fused-ring (bicyclic) bond motifs is 1. The monoisotopic (exact) mass is 332 g/mol. The van der Waals surface area contributed by atoms with Crippen LogP contribution >= 0.6 is 0 Å². The molecule has 0 fully saturated rings. The van der Waals surface area contributed by atoms with Crippen LogP contribution < -0.4 is 5.32 Å². The van der Waals surface area contributed by atoms with E-state index in [1.54, 1.807) is 17.1 Å². The van der Waals surface area contributed by atoms with Gasteiger partial charge in [0, 0.05) is 23.8 Å². The molecule has 2 aromatic heterocycles. The maximum Gasteiger partial charge on any atom is 0.248 e. The minimum atomic E-state index is -0.501. The van der Waals surface area contributed by atoms with Crippen molar-refractivity contribution >= 4 is 23.3 Å². The average Bonchev–Trinajstić information content (AvgIpc) is 3.10. The highest BCUT2D eigenvalue weighted by Gasteiger charge is 2.38. The first-order valence-electron chi connectivity index (χ1n) is 7.94. The van der Waals surface area contributed by atoms with Gasteiger partial charge in [0.05, 0.1) is 6.04 Å². The van der Waals surface area contributed by atoms with Crippen molar-refractivity contribution < 1.29 is 4.79 Å². The van der Waals surface area contributed by atoms with E-state index in [0.717, 1.165) is 11.3 Å². The highest BCUT2D eigenvalue weighted by Crippen LogP contribution is 2.35. The van der Waals surface area contributed by atoms with Gasteiger partial charge in [-0.3, -0.25) is 9.78 Å². The zero-order chi connectivity index (χ0) is 17.2. The van der Waals surface area contributed by atoms with E-state index in [2.05, 4.69) is 25.4 Å². The molecule has 0 radical (unpaired) electrons. The van der Waals surface area contributed by atoms with Crippen molar-refractivity contribution in [2.24, 2.45) is 10.9 Å². The lowest BCUT2D eigenvalue weighted by Crippen LogP contribution is -2.39. The Bertz CT molecular complexity index is 919. The molecule has 0 saturated carbocycles. The van der Waals surface area contributed by atoms with Crippen molar-refractivity contribution in [2.45, 2.75) is 13.0 Å². The molecule has 2 atom stereocenters. The molecule has 1 aliphatic heterocycles. The molecule has 7 nitrogen and oxygen atoms in total. The Kier molecular flexibility index (Phi) is 3.81. The summed E-state index contributed by atoms with van der Waals surface area (Å²) in [4.78, 5) is 25.8. The topological polar surface area (TPSA) is 85.1 Å². The summed E-state index contributed by atoms with van der Waals surface area (Å²) in [6, 6.07) is 12.8. The van der Waals surface area contributed by atoms with Crippen molar-refractivity contribution in [3.8, 4) is 0 Å². The number of pyridine rings is 1. The van der Waals surface area contributed by atoms with Crippen molar-refractivity contribution in [1.82, 2.24) is 19.7 Å². The molecule has 1 N–H and O–H groups in total. The standard InChI is InChI=1S/C18H16N6O/c1-12-15(17(25)23-14-7-3-2-4-8-14)16(13-6-5-9-19-10-13)24-18(22-12)20-11-21-24/h2-11,15-16H,1H3,(H,23,25). The van der Waals surface area contributed by atoms with Gasteiger partial charge in [0.1, 0.15) is 12.2 Å². The summed E-state index contributed by atoms with van der Waals surface area (Å²) in [5.74, 6) is -0.142. The Balaban J connectivity index is 1.75. The van der Waals surface area contributed by atoms with Gasteiger partial charge in [-0.1, -0.05) is 24.3 Å². The fourth-order valence-corrected chi connectivity index (χ4v) is 3.08. The van der Waals surface area contributed by atoms with E-state index in [-0.39, 0.29) is 11.9 Å². The molecule has 0 spiro atoms. The summed E-state index contributed by atoms with van der Waals surface area (Å²) in [5.41, 5.74) is 2.33. The van der Waals surface area contributed by atoms with Crippen LogP contribution in [0.2, 0.25) is 0 Å². The molecule has 4 rings (SSSR count). The number of hydrogen-bond acceptors (Lipinski definition) is 5. The molecule has 0 bridgehead atoms. The molecular weight excluding hydrogens is 316 g/mol. The van der Waals surface area contributed by atoms with Crippen LogP contribution in [0.25, 0.3) is 0 Å². The molecule has 25 heavy (non-hydrogen) atoms. The lowest BCUT2D eigenvalue weighted by atomic mass is 9.88. The summed E-state index contributed by atoms with van der Waals surface area (Å²) < 4.78 is 1.68. The summed E-state index contributed by atoms with van der Waals surface area (Å²) in [6.07, 6.45) is 4.90. The Morgan fingerprint density at radius 3 is 2.76 bits per heavy atom. The van der Waals surface area contributed by atoms with Gasteiger partial charge in [-0.2, -0.15) is 10.1 Å². The average molecular weight is 332 g/mol. The molecule has 124 valence electrons. The molecule has 2 unspecified atom stereocenters. The lowest BCUT2D eigenvalue weighted by Gasteiger charge is -2.30. The summed E-state index contributed by atoms with van der Waals surface area (Å²) in [7, 11) is 0. The van der Waals surface area contributed by atoms with E-state index in [4.69, 9.17) is 0 Å². The largest absolute Gasteiger partial charge is 0.325 e. The SMILES string of the molecule is CC1=Nc2ncnn2C(c2cccnc2)C1C(=O)Nc1ccccc1. The number of carbonyl (C=O) groups is 1. The van der Waals surface area contributed by atoms with Crippen LogP contribution in [0.4, 0.5) is 11.6 Å². The first kappa shape index (κ1) is 15.2. The van der Waals surface area contributed by atoms with E-state index in [1.165, 1.54) is 6.33 Å². The molecular formula is C18H16N6O. The summed E-state index contributed by atoms with van der Waals surface area (Å²) in [5, 5.41) is 7.24. The van der Waals surface area contributed by atoms with Gasteiger partial charge in [-0.05, 0) is 30.7 Å². The van der Waals surface area contributed by atoms with Gasteiger partial charge in [-0.25, -0.2) is 9.67 Å². The summed E-state index contributed by atoms with van der Waals surface area (Å²) >= 11 is 0. The third-order valence-electron chi connectivity index (χ3n) is 4.21. The summed E-state index contributed by atoms with van der Waals surface area (Å²) in [6.45, 7) is 1.84. The smallest absolute Gasteiger partial charge is 0.248 e. The van der Waals surface area contributed by atoms with Crippen LogP contribution in [0.3, 0.4) is 0 Å². The first-order valence-corrected chi connectivity index (χ1v) is 7.94. The molecule has 3 aromatic rings. The van der Waals surface area contributed by atoms with E-state index in [1.807, 2.05) is 49.4 Å². The fraction of sp³-hybridized carbons (Fsp3) is 0.167. The lowest BCUT2D eigenvalue weighted by molar-refractivity contribution is -0.118. The molecule has 0 aliphatic carbocycles.